The van der Waals surface area contributed by atoms with E-state index in [1.54, 1.807) is 28.0 Å². The highest BCUT2D eigenvalue weighted by atomic mass is 35.5. The lowest BCUT2D eigenvalue weighted by molar-refractivity contribution is -0.144. The van der Waals surface area contributed by atoms with Crippen LogP contribution in [0.2, 0.25) is 5.02 Å². The normalized spacial score (nSPS) is 21.5. The Morgan fingerprint density at radius 2 is 2.00 bits per heavy atom. The van der Waals surface area contributed by atoms with Crippen LogP contribution < -0.4 is 0 Å². The molecule has 1 atom stereocenters. The molecular weight excluding hydrogens is 328 g/mol. The number of halogens is 1. The van der Waals surface area contributed by atoms with Crippen LogP contribution >= 0.6 is 11.6 Å². The molecule has 1 aromatic rings. The predicted octanol–water partition coefficient (Wildman–Crippen LogP) is 2.20. The Morgan fingerprint density at radius 1 is 1.21 bits per heavy atom. The van der Waals surface area contributed by atoms with Gasteiger partial charge in [0.15, 0.2) is 0 Å². The second kappa shape index (κ2) is 7.81. The summed E-state index contributed by atoms with van der Waals surface area (Å²) < 4.78 is 5.29. The number of rotatable bonds is 3. The molecule has 128 valence electrons. The first-order chi connectivity index (χ1) is 11.6. The molecule has 0 aromatic heterocycles. The molecular formula is C18H21ClN2O3. The first kappa shape index (κ1) is 17.0. The maximum Gasteiger partial charge on any atom is 0.247 e. The number of hydrogen-bond acceptors (Lipinski definition) is 3. The van der Waals surface area contributed by atoms with E-state index in [-0.39, 0.29) is 17.9 Å². The molecule has 0 spiro atoms. The van der Waals surface area contributed by atoms with Gasteiger partial charge in [-0.25, -0.2) is 0 Å². The highest BCUT2D eigenvalue weighted by Crippen LogP contribution is 2.21. The quantitative estimate of drug-likeness (QED) is 0.787. The second-order valence-corrected chi connectivity index (χ2v) is 6.45. The van der Waals surface area contributed by atoms with E-state index in [9.17, 15) is 9.59 Å². The third-order valence-electron chi connectivity index (χ3n) is 4.41. The maximum absolute atomic E-state index is 12.7. The third-order valence-corrected chi connectivity index (χ3v) is 4.65. The molecule has 0 unspecified atom stereocenters. The van der Waals surface area contributed by atoms with Gasteiger partial charge in [-0.05, 0) is 36.6 Å². The number of morpholine rings is 1. The highest BCUT2D eigenvalue weighted by Gasteiger charge is 2.36. The van der Waals surface area contributed by atoms with Crippen molar-refractivity contribution in [3.05, 3.63) is 40.9 Å². The minimum Gasteiger partial charge on any atom is -0.378 e. The Kier molecular flexibility index (Phi) is 5.53. The van der Waals surface area contributed by atoms with E-state index < -0.39 is 0 Å². The summed E-state index contributed by atoms with van der Waals surface area (Å²) in [6, 6.07) is 6.96. The van der Waals surface area contributed by atoms with Crippen molar-refractivity contribution < 1.29 is 14.3 Å². The summed E-state index contributed by atoms with van der Waals surface area (Å²) in [5.41, 5.74) is 0.867. The maximum atomic E-state index is 12.7. The first-order valence-corrected chi connectivity index (χ1v) is 8.64. The SMILES string of the molecule is O=C([C@@H]1CCCN1C(=O)/C=C/c1cccc(Cl)c1)N1CCOCC1. The fourth-order valence-electron chi connectivity index (χ4n) is 3.16. The van der Waals surface area contributed by atoms with Gasteiger partial charge >= 0.3 is 0 Å². The summed E-state index contributed by atoms with van der Waals surface area (Å²) in [5, 5.41) is 0.631. The van der Waals surface area contributed by atoms with Gasteiger partial charge in [-0.2, -0.15) is 0 Å². The zero-order chi connectivity index (χ0) is 16.9. The van der Waals surface area contributed by atoms with E-state index in [0.717, 1.165) is 18.4 Å². The van der Waals surface area contributed by atoms with Crippen molar-refractivity contribution in [2.75, 3.05) is 32.8 Å². The number of hydrogen-bond donors (Lipinski definition) is 0. The molecule has 2 heterocycles. The smallest absolute Gasteiger partial charge is 0.247 e. The van der Waals surface area contributed by atoms with Crippen molar-refractivity contribution in [3.63, 3.8) is 0 Å². The van der Waals surface area contributed by atoms with Crippen molar-refractivity contribution in [3.8, 4) is 0 Å². The van der Waals surface area contributed by atoms with Gasteiger partial charge in [0, 0.05) is 30.7 Å². The fourth-order valence-corrected chi connectivity index (χ4v) is 3.35. The van der Waals surface area contributed by atoms with Gasteiger partial charge in [0.25, 0.3) is 0 Å². The lowest BCUT2D eigenvalue weighted by Gasteiger charge is -2.32. The zero-order valence-electron chi connectivity index (χ0n) is 13.5. The molecule has 5 nitrogen and oxygen atoms in total. The Balaban J connectivity index is 1.65. The zero-order valence-corrected chi connectivity index (χ0v) is 14.2. The predicted molar refractivity (Wildman–Crippen MR) is 92.6 cm³/mol. The van der Waals surface area contributed by atoms with Gasteiger partial charge in [-0.15, -0.1) is 0 Å². The Hall–Kier alpha value is -1.85. The van der Waals surface area contributed by atoms with E-state index in [1.807, 2.05) is 12.1 Å². The molecule has 2 fully saturated rings. The average molecular weight is 349 g/mol. The molecule has 0 radical (unpaired) electrons. The molecule has 3 rings (SSSR count). The van der Waals surface area contributed by atoms with E-state index in [2.05, 4.69) is 0 Å². The minimum absolute atomic E-state index is 0.0419. The van der Waals surface area contributed by atoms with Crippen molar-refractivity contribution in [2.45, 2.75) is 18.9 Å². The topological polar surface area (TPSA) is 49.9 Å². The summed E-state index contributed by atoms with van der Waals surface area (Å²) in [5.74, 6) is -0.0839. The number of nitrogens with zero attached hydrogens (tertiary/aromatic N) is 2. The van der Waals surface area contributed by atoms with Gasteiger partial charge in [0.1, 0.15) is 6.04 Å². The van der Waals surface area contributed by atoms with Crippen molar-refractivity contribution >= 4 is 29.5 Å². The Labute approximate surface area is 146 Å². The van der Waals surface area contributed by atoms with Crippen LogP contribution in [0.15, 0.2) is 30.3 Å². The molecule has 2 aliphatic rings. The summed E-state index contributed by atoms with van der Waals surface area (Å²) >= 11 is 5.95. The summed E-state index contributed by atoms with van der Waals surface area (Å²) in [6.07, 6.45) is 4.85. The number of carbonyl (C=O) groups excluding carboxylic acids is 2. The Morgan fingerprint density at radius 3 is 2.75 bits per heavy atom. The molecule has 24 heavy (non-hydrogen) atoms. The average Bonchev–Trinajstić information content (AvgIpc) is 3.09. The van der Waals surface area contributed by atoms with Gasteiger partial charge in [0.2, 0.25) is 11.8 Å². The van der Waals surface area contributed by atoms with E-state index in [1.165, 1.54) is 6.08 Å². The van der Waals surface area contributed by atoms with Crippen LogP contribution in [0.4, 0.5) is 0 Å². The molecule has 6 heteroatoms. The number of ether oxygens (including phenoxy) is 1. The van der Waals surface area contributed by atoms with Gasteiger partial charge < -0.3 is 14.5 Å². The van der Waals surface area contributed by atoms with Crippen molar-refractivity contribution in [1.29, 1.82) is 0 Å². The lowest BCUT2D eigenvalue weighted by Crippen LogP contribution is -2.50. The van der Waals surface area contributed by atoms with Crippen molar-refractivity contribution in [1.82, 2.24) is 9.80 Å². The van der Waals surface area contributed by atoms with E-state index in [4.69, 9.17) is 16.3 Å². The summed E-state index contributed by atoms with van der Waals surface area (Å²) in [6.45, 7) is 2.98. The van der Waals surface area contributed by atoms with Crippen LogP contribution in [0.1, 0.15) is 18.4 Å². The molecule has 0 saturated carbocycles. The van der Waals surface area contributed by atoms with Gasteiger partial charge in [-0.1, -0.05) is 23.7 Å². The first-order valence-electron chi connectivity index (χ1n) is 8.26. The van der Waals surface area contributed by atoms with Gasteiger partial charge in [-0.3, -0.25) is 9.59 Å². The van der Waals surface area contributed by atoms with Crippen molar-refractivity contribution in [2.24, 2.45) is 0 Å². The molecule has 0 aliphatic carbocycles. The molecule has 2 aliphatic heterocycles. The lowest BCUT2D eigenvalue weighted by atomic mass is 10.1. The van der Waals surface area contributed by atoms with Crippen LogP contribution in [0.5, 0.6) is 0 Å². The molecule has 2 amide bonds. The van der Waals surface area contributed by atoms with Crippen LogP contribution in [-0.4, -0.2) is 60.5 Å². The number of likely N-dealkylation sites (tertiary alicyclic amines) is 1. The largest absolute Gasteiger partial charge is 0.378 e. The summed E-state index contributed by atoms with van der Waals surface area (Å²) in [4.78, 5) is 28.7. The monoisotopic (exact) mass is 348 g/mol. The van der Waals surface area contributed by atoms with Crippen LogP contribution in [0, 0.1) is 0 Å². The standard InChI is InChI=1S/C18H21ClN2O3/c19-15-4-1-3-14(13-15)6-7-17(22)21-8-2-5-16(21)18(23)20-9-11-24-12-10-20/h1,3-4,6-7,13,16H,2,5,8-12H2/b7-6+/t16-/m0/s1. The molecule has 2 saturated heterocycles. The highest BCUT2D eigenvalue weighted by molar-refractivity contribution is 6.30. The molecule has 0 bridgehead atoms. The van der Waals surface area contributed by atoms with E-state index in [0.29, 0.717) is 37.9 Å². The van der Waals surface area contributed by atoms with Gasteiger partial charge in [0.05, 0.1) is 13.2 Å². The number of carbonyl (C=O) groups is 2. The minimum atomic E-state index is -0.348. The fraction of sp³-hybridized carbons (Fsp3) is 0.444. The molecule has 1 aromatic carbocycles. The van der Waals surface area contributed by atoms with E-state index >= 15 is 0 Å². The third kappa shape index (κ3) is 3.97. The number of amides is 2. The molecule has 0 N–H and O–H groups in total. The van der Waals surface area contributed by atoms with Crippen LogP contribution in [-0.2, 0) is 14.3 Å². The Bertz CT molecular complexity index is 641. The van der Waals surface area contributed by atoms with Crippen LogP contribution in [0.3, 0.4) is 0 Å². The second-order valence-electron chi connectivity index (χ2n) is 6.02. The number of benzene rings is 1. The van der Waals surface area contributed by atoms with Crippen LogP contribution in [0.25, 0.3) is 6.08 Å². The summed E-state index contributed by atoms with van der Waals surface area (Å²) in [7, 11) is 0.